The number of benzene rings is 2. The molecule has 0 aliphatic carbocycles. The van der Waals surface area contributed by atoms with Crippen LogP contribution in [-0.4, -0.2) is 4.98 Å². The van der Waals surface area contributed by atoms with Crippen molar-refractivity contribution in [1.29, 1.82) is 0 Å². The average Bonchev–Trinajstić information content (AvgIpc) is 2.75. The highest BCUT2D eigenvalue weighted by Gasteiger charge is 2.09. The van der Waals surface area contributed by atoms with Crippen molar-refractivity contribution >= 4 is 39.4 Å². The second-order valence-electron chi connectivity index (χ2n) is 4.21. The molecule has 18 heavy (non-hydrogen) atoms. The van der Waals surface area contributed by atoms with Crippen LogP contribution in [0.5, 0.6) is 0 Å². The summed E-state index contributed by atoms with van der Waals surface area (Å²) < 4.78 is 6.97. The number of rotatable bonds is 1. The summed E-state index contributed by atoms with van der Waals surface area (Å²) in [5.41, 5.74) is 10.2. The molecule has 2 N–H and O–H groups in total. The van der Waals surface area contributed by atoms with Crippen LogP contribution in [0.4, 0.5) is 5.69 Å². The molecule has 4 heteroatoms. The fourth-order valence-electron chi connectivity index (χ4n) is 1.84. The lowest BCUT2D eigenvalue weighted by Gasteiger charge is -1.99. The molecule has 0 fully saturated rings. The van der Waals surface area contributed by atoms with Crippen LogP contribution in [0.3, 0.4) is 0 Å². The predicted molar refractivity (Wildman–Crippen MR) is 81.3 cm³/mol. The van der Waals surface area contributed by atoms with E-state index < -0.39 is 0 Å². The Labute approximate surface area is 118 Å². The van der Waals surface area contributed by atoms with Gasteiger partial charge in [0.25, 0.3) is 0 Å². The molecule has 0 aliphatic rings. The molecule has 0 aliphatic heterocycles. The Hall–Kier alpha value is -1.56. The monoisotopic (exact) mass is 350 g/mol. The first-order chi connectivity index (χ1) is 8.63. The molecule has 3 aromatic rings. The maximum Gasteiger partial charge on any atom is 0.227 e. The van der Waals surface area contributed by atoms with Gasteiger partial charge in [0, 0.05) is 20.9 Å². The summed E-state index contributed by atoms with van der Waals surface area (Å²) in [5, 5.41) is 0. The number of hydrogen-bond donors (Lipinski definition) is 1. The number of nitrogen functional groups attached to an aromatic ring is 1. The molecule has 3 nitrogen and oxygen atoms in total. The molecule has 1 heterocycles. The maximum absolute atomic E-state index is 5.74. The second-order valence-corrected chi connectivity index (χ2v) is 5.37. The highest BCUT2D eigenvalue weighted by Crippen LogP contribution is 2.27. The summed E-state index contributed by atoms with van der Waals surface area (Å²) in [6.45, 7) is 2.08. The van der Waals surface area contributed by atoms with Crippen molar-refractivity contribution in [3.05, 3.63) is 45.5 Å². The van der Waals surface area contributed by atoms with Crippen molar-refractivity contribution in [1.82, 2.24) is 4.98 Å². The molecular weight excluding hydrogens is 339 g/mol. The lowest BCUT2D eigenvalue weighted by Crippen LogP contribution is -1.83. The zero-order valence-electron chi connectivity index (χ0n) is 9.77. The number of hydrogen-bond acceptors (Lipinski definition) is 3. The smallest absolute Gasteiger partial charge is 0.227 e. The lowest BCUT2D eigenvalue weighted by molar-refractivity contribution is 0.620. The van der Waals surface area contributed by atoms with Crippen molar-refractivity contribution in [2.75, 3.05) is 5.73 Å². The Morgan fingerprint density at radius 1 is 1.17 bits per heavy atom. The van der Waals surface area contributed by atoms with Gasteiger partial charge in [0.2, 0.25) is 5.89 Å². The highest BCUT2D eigenvalue weighted by molar-refractivity contribution is 14.1. The van der Waals surface area contributed by atoms with Gasteiger partial charge in [0.05, 0.1) is 0 Å². The van der Waals surface area contributed by atoms with Crippen LogP contribution >= 0.6 is 22.6 Å². The lowest BCUT2D eigenvalue weighted by atomic mass is 10.1. The molecule has 0 bridgehead atoms. The van der Waals surface area contributed by atoms with E-state index in [1.165, 1.54) is 9.13 Å². The molecule has 90 valence electrons. The quantitative estimate of drug-likeness (QED) is 0.533. The van der Waals surface area contributed by atoms with Gasteiger partial charge in [-0.05, 0) is 65.4 Å². The molecule has 0 unspecified atom stereocenters. The van der Waals surface area contributed by atoms with Gasteiger partial charge in [-0.15, -0.1) is 0 Å². The third-order valence-corrected chi connectivity index (χ3v) is 4.03. The Bertz CT molecular complexity index is 734. The number of nitrogens with zero attached hydrogens (tertiary/aromatic N) is 1. The minimum Gasteiger partial charge on any atom is -0.436 e. The van der Waals surface area contributed by atoms with Crippen LogP contribution < -0.4 is 5.73 Å². The number of anilines is 1. The normalized spacial score (nSPS) is 11.0. The van der Waals surface area contributed by atoms with Gasteiger partial charge in [-0.1, -0.05) is 0 Å². The first-order valence-corrected chi connectivity index (χ1v) is 6.64. The van der Waals surface area contributed by atoms with Crippen molar-refractivity contribution in [2.24, 2.45) is 0 Å². The molecule has 3 rings (SSSR count). The summed E-state index contributed by atoms with van der Waals surface area (Å²) in [5.74, 6) is 0.634. The fraction of sp³-hybridized carbons (Fsp3) is 0.0714. The van der Waals surface area contributed by atoms with Crippen LogP contribution in [0.15, 0.2) is 40.8 Å². The predicted octanol–water partition coefficient (Wildman–Crippen LogP) is 3.99. The number of aromatic nitrogens is 1. The van der Waals surface area contributed by atoms with E-state index in [-0.39, 0.29) is 0 Å². The summed E-state index contributed by atoms with van der Waals surface area (Å²) in [7, 11) is 0. The van der Waals surface area contributed by atoms with E-state index in [0.29, 0.717) is 11.6 Å². The summed E-state index contributed by atoms with van der Waals surface area (Å²) in [4.78, 5) is 4.47. The van der Waals surface area contributed by atoms with E-state index in [0.717, 1.165) is 16.7 Å². The van der Waals surface area contributed by atoms with E-state index in [4.69, 9.17) is 10.2 Å². The van der Waals surface area contributed by atoms with Gasteiger partial charge >= 0.3 is 0 Å². The molecule has 0 atom stereocenters. The number of oxazole rings is 1. The van der Waals surface area contributed by atoms with Gasteiger partial charge < -0.3 is 10.2 Å². The molecule has 0 spiro atoms. The third-order valence-electron chi connectivity index (χ3n) is 2.82. The minimum atomic E-state index is 0.634. The molecule has 0 saturated carbocycles. The number of halogens is 1. The minimum absolute atomic E-state index is 0.634. The molecule has 0 amide bonds. The van der Waals surface area contributed by atoms with Crippen molar-refractivity contribution < 1.29 is 4.42 Å². The largest absolute Gasteiger partial charge is 0.436 e. The van der Waals surface area contributed by atoms with Crippen molar-refractivity contribution in [2.45, 2.75) is 6.92 Å². The van der Waals surface area contributed by atoms with E-state index in [9.17, 15) is 0 Å². The van der Waals surface area contributed by atoms with Crippen LogP contribution in [0, 0.1) is 10.5 Å². The fourth-order valence-corrected chi connectivity index (χ4v) is 2.18. The van der Waals surface area contributed by atoms with E-state index in [2.05, 4.69) is 46.6 Å². The summed E-state index contributed by atoms with van der Waals surface area (Å²) in [6.07, 6.45) is 0. The van der Waals surface area contributed by atoms with Gasteiger partial charge in [0.15, 0.2) is 5.58 Å². The summed E-state index contributed by atoms with van der Waals surface area (Å²) in [6, 6.07) is 11.7. The molecular formula is C14H11IN2O. The second kappa shape index (κ2) is 4.28. The van der Waals surface area contributed by atoms with Gasteiger partial charge in [0.1, 0.15) is 5.52 Å². The maximum atomic E-state index is 5.74. The van der Waals surface area contributed by atoms with E-state index >= 15 is 0 Å². The molecule has 0 saturated heterocycles. The van der Waals surface area contributed by atoms with Crippen molar-refractivity contribution in [3.63, 3.8) is 0 Å². The van der Waals surface area contributed by atoms with E-state index in [1.807, 2.05) is 18.2 Å². The van der Waals surface area contributed by atoms with Crippen LogP contribution in [0.1, 0.15) is 5.56 Å². The Morgan fingerprint density at radius 3 is 2.78 bits per heavy atom. The Balaban J connectivity index is 2.16. The number of nitrogens with two attached hydrogens (primary N) is 1. The first kappa shape index (κ1) is 11.5. The van der Waals surface area contributed by atoms with Gasteiger partial charge in [-0.25, -0.2) is 4.98 Å². The summed E-state index contributed by atoms with van der Waals surface area (Å²) >= 11 is 2.31. The van der Waals surface area contributed by atoms with Crippen LogP contribution in [-0.2, 0) is 0 Å². The Kier molecular flexibility index (Phi) is 2.74. The van der Waals surface area contributed by atoms with E-state index in [1.54, 1.807) is 6.07 Å². The number of aryl methyl sites for hydroxylation is 1. The number of fused-ring (bicyclic) bond motifs is 1. The SMILES string of the molecule is Cc1cc(-c2nc3ccc(N)cc3o2)ccc1I. The van der Waals surface area contributed by atoms with Gasteiger partial charge in [-0.3, -0.25) is 0 Å². The standard InChI is InChI=1S/C14H11IN2O/c1-8-6-9(2-4-11(8)15)14-17-12-5-3-10(16)7-13(12)18-14/h2-7H,16H2,1H3. The van der Waals surface area contributed by atoms with Crippen LogP contribution in [0.2, 0.25) is 0 Å². The zero-order valence-corrected chi connectivity index (χ0v) is 11.9. The van der Waals surface area contributed by atoms with Crippen molar-refractivity contribution in [3.8, 4) is 11.5 Å². The first-order valence-electron chi connectivity index (χ1n) is 5.56. The van der Waals surface area contributed by atoms with Crippen LogP contribution in [0.25, 0.3) is 22.6 Å². The molecule has 0 radical (unpaired) electrons. The Morgan fingerprint density at radius 2 is 2.00 bits per heavy atom. The zero-order chi connectivity index (χ0) is 12.7. The molecule has 2 aromatic carbocycles. The van der Waals surface area contributed by atoms with Gasteiger partial charge in [-0.2, -0.15) is 0 Å². The highest BCUT2D eigenvalue weighted by atomic mass is 127. The third kappa shape index (κ3) is 1.96. The molecule has 1 aromatic heterocycles. The topological polar surface area (TPSA) is 52.0 Å². The average molecular weight is 350 g/mol.